The van der Waals surface area contributed by atoms with Crippen LogP contribution in [0.3, 0.4) is 0 Å². The summed E-state index contributed by atoms with van der Waals surface area (Å²) in [5.74, 6) is 0.780. The second-order valence-corrected chi connectivity index (χ2v) is 9.46. The normalized spacial score (nSPS) is 22.7. The predicted octanol–water partition coefficient (Wildman–Crippen LogP) is 2.89. The minimum Gasteiger partial charge on any atom is -0.496 e. The number of hydrogen-bond donors (Lipinski definition) is 1. The molecule has 35 heavy (non-hydrogen) atoms. The average molecular weight is 478 g/mol. The van der Waals surface area contributed by atoms with E-state index in [-0.39, 0.29) is 18.2 Å². The number of nitrogens with zero attached hydrogens (tertiary/aromatic N) is 2. The number of carbonyl (C=O) groups is 3. The monoisotopic (exact) mass is 477 g/mol. The molecule has 8 nitrogen and oxygen atoms in total. The molecule has 2 atom stereocenters. The molecule has 184 valence electrons. The molecule has 0 saturated carbocycles. The summed E-state index contributed by atoms with van der Waals surface area (Å²) in [5.41, 5.74) is 2.62. The van der Waals surface area contributed by atoms with Crippen molar-refractivity contribution < 1.29 is 23.9 Å². The number of amides is 3. The van der Waals surface area contributed by atoms with Gasteiger partial charge in [0, 0.05) is 36.7 Å². The lowest BCUT2D eigenvalue weighted by molar-refractivity contribution is -0.136. The van der Waals surface area contributed by atoms with Crippen LogP contribution >= 0.6 is 0 Å². The van der Waals surface area contributed by atoms with Gasteiger partial charge in [-0.2, -0.15) is 0 Å². The third-order valence-corrected chi connectivity index (χ3v) is 7.25. The van der Waals surface area contributed by atoms with Gasteiger partial charge in [0.05, 0.1) is 7.11 Å². The maximum atomic E-state index is 12.9. The molecular weight excluding hydrogens is 446 g/mol. The maximum Gasteiger partial charge on any atom is 0.255 e. The number of likely N-dealkylation sites (tertiary alicyclic amines) is 1. The molecule has 2 fully saturated rings. The van der Waals surface area contributed by atoms with Crippen LogP contribution in [0.25, 0.3) is 0 Å². The van der Waals surface area contributed by atoms with Crippen molar-refractivity contribution in [3.05, 3.63) is 59.2 Å². The summed E-state index contributed by atoms with van der Waals surface area (Å²) in [4.78, 5) is 40.7. The summed E-state index contributed by atoms with van der Waals surface area (Å²) in [6, 6.07) is 13.3. The summed E-state index contributed by atoms with van der Waals surface area (Å²) in [6.45, 7) is 2.75. The highest BCUT2D eigenvalue weighted by Gasteiger charge is 2.39. The summed E-state index contributed by atoms with van der Waals surface area (Å²) < 4.78 is 11.8. The zero-order valence-electron chi connectivity index (χ0n) is 20.0. The lowest BCUT2D eigenvalue weighted by Gasteiger charge is -2.35. The van der Waals surface area contributed by atoms with Crippen molar-refractivity contribution >= 4 is 17.7 Å². The van der Waals surface area contributed by atoms with Gasteiger partial charge in [0.15, 0.2) is 0 Å². The van der Waals surface area contributed by atoms with Crippen molar-refractivity contribution in [2.45, 2.75) is 57.3 Å². The molecule has 2 aromatic carbocycles. The third kappa shape index (κ3) is 4.89. The van der Waals surface area contributed by atoms with Crippen LogP contribution in [-0.2, 0) is 22.7 Å². The second kappa shape index (κ2) is 10.1. The SMILES string of the molecule is COc1ccccc1CN1CCCCC1COc1ccc2c(c1)CN(C1CCC(=O)NC1=O)C2=O. The molecule has 0 spiro atoms. The summed E-state index contributed by atoms with van der Waals surface area (Å²) >= 11 is 0. The molecule has 2 aromatic rings. The molecule has 0 aromatic heterocycles. The highest BCUT2D eigenvalue weighted by molar-refractivity contribution is 6.05. The van der Waals surface area contributed by atoms with E-state index in [0.717, 1.165) is 36.6 Å². The Bertz CT molecular complexity index is 1130. The van der Waals surface area contributed by atoms with Gasteiger partial charge in [-0.05, 0) is 55.6 Å². The van der Waals surface area contributed by atoms with E-state index in [4.69, 9.17) is 9.47 Å². The average Bonchev–Trinajstić information content (AvgIpc) is 3.19. The summed E-state index contributed by atoms with van der Waals surface area (Å²) in [6.07, 6.45) is 4.02. The Kier molecular flexibility index (Phi) is 6.72. The number of para-hydroxylation sites is 1. The quantitative estimate of drug-likeness (QED) is 0.617. The molecule has 2 saturated heterocycles. The van der Waals surface area contributed by atoms with Gasteiger partial charge < -0.3 is 14.4 Å². The van der Waals surface area contributed by atoms with E-state index >= 15 is 0 Å². The molecule has 8 heteroatoms. The van der Waals surface area contributed by atoms with E-state index in [1.165, 1.54) is 18.4 Å². The van der Waals surface area contributed by atoms with E-state index in [0.29, 0.717) is 31.2 Å². The van der Waals surface area contributed by atoms with E-state index in [1.54, 1.807) is 18.1 Å². The van der Waals surface area contributed by atoms with E-state index < -0.39 is 11.9 Å². The molecule has 3 aliphatic heterocycles. The zero-order chi connectivity index (χ0) is 24.4. The van der Waals surface area contributed by atoms with Crippen molar-refractivity contribution in [2.24, 2.45) is 0 Å². The third-order valence-electron chi connectivity index (χ3n) is 7.25. The highest BCUT2D eigenvalue weighted by Crippen LogP contribution is 2.31. The Morgan fingerprint density at radius 3 is 2.74 bits per heavy atom. The number of nitrogens with one attached hydrogen (secondary N) is 1. The van der Waals surface area contributed by atoms with Crippen LogP contribution in [0.1, 0.15) is 53.6 Å². The largest absolute Gasteiger partial charge is 0.496 e. The van der Waals surface area contributed by atoms with Crippen LogP contribution in [0, 0.1) is 0 Å². The van der Waals surface area contributed by atoms with Gasteiger partial charge in [0.2, 0.25) is 11.8 Å². The van der Waals surface area contributed by atoms with Crippen LogP contribution in [0.4, 0.5) is 0 Å². The molecule has 3 heterocycles. The summed E-state index contributed by atoms with van der Waals surface area (Å²) in [7, 11) is 1.70. The molecule has 0 bridgehead atoms. The fraction of sp³-hybridized carbons (Fsp3) is 0.444. The lowest BCUT2D eigenvalue weighted by Crippen LogP contribution is -2.52. The number of benzene rings is 2. The first-order chi connectivity index (χ1) is 17.0. The van der Waals surface area contributed by atoms with Gasteiger partial charge in [0.1, 0.15) is 24.1 Å². The fourth-order valence-electron chi connectivity index (χ4n) is 5.34. The van der Waals surface area contributed by atoms with Crippen molar-refractivity contribution in [2.75, 3.05) is 20.3 Å². The number of rotatable bonds is 7. The standard InChI is InChI=1S/C27H31N3O5/c1-34-24-8-3-2-6-18(24)15-29-13-5-4-7-20(29)17-35-21-9-10-22-19(14-21)16-30(27(22)33)23-11-12-25(31)28-26(23)32/h2-3,6,8-10,14,20,23H,4-5,7,11-13,15-17H2,1H3,(H,28,31,32). The number of carbonyl (C=O) groups excluding carboxylic acids is 3. The van der Waals surface area contributed by atoms with E-state index in [9.17, 15) is 14.4 Å². The number of fused-ring (bicyclic) bond motifs is 1. The smallest absolute Gasteiger partial charge is 0.255 e. The zero-order valence-corrected chi connectivity index (χ0v) is 20.0. The number of hydrogen-bond acceptors (Lipinski definition) is 6. The lowest BCUT2D eigenvalue weighted by atomic mass is 10.0. The Hall–Kier alpha value is -3.39. The molecule has 3 aliphatic rings. The van der Waals surface area contributed by atoms with Crippen molar-refractivity contribution in [1.82, 2.24) is 15.1 Å². The van der Waals surface area contributed by atoms with Gasteiger partial charge >= 0.3 is 0 Å². The Morgan fingerprint density at radius 1 is 1.06 bits per heavy atom. The molecule has 1 N–H and O–H groups in total. The molecule has 0 radical (unpaired) electrons. The van der Waals surface area contributed by atoms with Gasteiger partial charge in [-0.25, -0.2) is 0 Å². The van der Waals surface area contributed by atoms with E-state index in [1.807, 2.05) is 30.3 Å². The van der Waals surface area contributed by atoms with Crippen molar-refractivity contribution in [3.8, 4) is 11.5 Å². The van der Waals surface area contributed by atoms with E-state index in [2.05, 4.69) is 16.3 Å². The summed E-state index contributed by atoms with van der Waals surface area (Å²) in [5, 5.41) is 2.34. The highest BCUT2D eigenvalue weighted by atomic mass is 16.5. The topological polar surface area (TPSA) is 88.2 Å². The maximum absolute atomic E-state index is 12.9. The molecule has 5 rings (SSSR count). The number of ether oxygens (including phenoxy) is 2. The molecular formula is C27H31N3O5. The first-order valence-electron chi connectivity index (χ1n) is 12.3. The van der Waals surface area contributed by atoms with Crippen molar-refractivity contribution in [1.29, 1.82) is 0 Å². The number of piperidine rings is 2. The molecule has 3 amide bonds. The van der Waals surface area contributed by atoms with Crippen LogP contribution in [0.2, 0.25) is 0 Å². The van der Waals surface area contributed by atoms with Gasteiger partial charge in [-0.3, -0.25) is 24.6 Å². The molecule has 2 unspecified atom stereocenters. The van der Waals surface area contributed by atoms with Crippen LogP contribution < -0.4 is 14.8 Å². The Balaban J connectivity index is 1.23. The number of methoxy groups -OCH3 is 1. The minimum atomic E-state index is -0.609. The fourth-order valence-corrected chi connectivity index (χ4v) is 5.34. The van der Waals surface area contributed by atoms with Crippen LogP contribution in [0.5, 0.6) is 11.5 Å². The Labute approximate surface area is 205 Å². The minimum absolute atomic E-state index is 0.170. The van der Waals surface area contributed by atoms with Gasteiger partial charge in [0.25, 0.3) is 5.91 Å². The van der Waals surface area contributed by atoms with Crippen LogP contribution in [-0.4, -0.2) is 59.9 Å². The van der Waals surface area contributed by atoms with Crippen LogP contribution in [0.15, 0.2) is 42.5 Å². The predicted molar refractivity (Wildman–Crippen MR) is 129 cm³/mol. The van der Waals surface area contributed by atoms with Gasteiger partial charge in [-0.15, -0.1) is 0 Å². The first kappa shape index (κ1) is 23.4. The Morgan fingerprint density at radius 2 is 1.91 bits per heavy atom. The van der Waals surface area contributed by atoms with Gasteiger partial charge in [-0.1, -0.05) is 24.6 Å². The second-order valence-electron chi connectivity index (χ2n) is 9.46. The molecule has 0 aliphatic carbocycles. The van der Waals surface area contributed by atoms with Crippen molar-refractivity contribution in [3.63, 3.8) is 0 Å². The first-order valence-corrected chi connectivity index (χ1v) is 12.3. The number of imide groups is 1.